The Hall–Kier alpha value is -2.60. The molecular weight excluding hydrogens is 298 g/mol. The standard InChI is InChI=1S/C16H15N3O2S/c1-2-20-12-9-7-11(8-10-12)17-16(22)18-15-13-5-3-4-6-14(13)21-19-15/h3-10H,2H2,1H3,(H2,17,18,19,22). The fourth-order valence-corrected chi connectivity index (χ4v) is 2.26. The van der Waals surface area contributed by atoms with Crippen LogP contribution in [0.25, 0.3) is 11.0 Å². The van der Waals surface area contributed by atoms with Gasteiger partial charge >= 0.3 is 0 Å². The maximum absolute atomic E-state index is 5.40. The van der Waals surface area contributed by atoms with E-state index in [2.05, 4.69) is 15.8 Å². The van der Waals surface area contributed by atoms with Gasteiger partial charge in [-0.1, -0.05) is 17.3 Å². The number of thiocarbonyl (C=S) groups is 1. The molecule has 0 saturated carbocycles. The molecule has 112 valence electrons. The van der Waals surface area contributed by atoms with Crippen molar-refractivity contribution in [2.75, 3.05) is 17.2 Å². The van der Waals surface area contributed by atoms with Gasteiger partial charge in [-0.25, -0.2) is 0 Å². The summed E-state index contributed by atoms with van der Waals surface area (Å²) < 4.78 is 10.6. The van der Waals surface area contributed by atoms with Gasteiger partial charge in [-0.3, -0.25) is 0 Å². The minimum Gasteiger partial charge on any atom is -0.494 e. The zero-order valence-corrected chi connectivity index (χ0v) is 12.8. The molecule has 0 spiro atoms. The molecule has 3 aromatic rings. The molecule has 2 N–H and O–H groups in total. The molecule has 0 amide bonds. The van der Waals surface area contributed by atoms with E-state index in [-0.39, 0.29) is 0 Å². The molecule has 0 aliphatic rings. The summed E-state index contributed by atoms with van der Waals surface area (Å²) >= 11 is 5.30. The molecule has 0 radical (unpaired) electrons. The van der Waals surface area contributed by atoms with Crippen LogP contribution in [0.3, 0.4) is 0 Å². The summed E-state index contributed by atoms with van der Waals surface area (Å²) in [4.78, 5) is 0. The molecule has 6 heteroatoms. The minimum absolute atomic E-state index is 0.447. The van der Waals surface area contributed by atoms with Crippen molar-refractivity contribution >= 4 is 39.8 Å². The normalized spacial score (nSPS) is 10.4. The van der Waals surface area contributed by atoms with Crippen molar-refractivity contribution in [2.45, 2.75) is 6.92 Å². The van der Waals surface area contributed by atoms with Crippen LogP contribution in [0.15, 0.2) is 53.1 Å². The third-order valence-corrected chi connectivity index (χ3v) is 3.24. The van der Waals surface area contributed by atoms with Gasteiger partial charge in [0, 0.05) is 5.69 Å². The highest BCUT2D eigenvalue weighted by atomic mass is 32.1. The van der Waals surface area contributed by atoms with Crippen LogP contribution in [-0.4, -0.2) is 16.9 Å². The van der Waals surface area contributed by atoms with E-state index in [0.717, 1.165) is 16.8 Å². The molecule has 0 atom stereocenters. The van der Waals surface area contributed by atoms with Crippen LogP contribution in [0.2, 0.25) is 0 Å². The number of nitrogens with one attached hydrogen (secondary N) is 2. The first-order valence-electron chi connectivity index (χ1n) is 6.91. The molecule has 0 unspecified atom stereocenters. The summed E-state index contributed by atoms with van der Waals surface area (Å²) in [6.45, 7) is 2.60. The van der Waals surface area contributed by atoms with E-state index in [9.17, 15) is 0 Å². The maximum atomic E-state index is 5.40. The van der Waals surface area contributed by atoms with Gasteiger partial charge in [0.2, 0.25) is 0 Å². The van der Waals surface area contributed by atoms with E-state index in [1.165, 1.54) is 0 Å². The Bertz CT molecular complexity index is 783. The Balaban J connectivity index is 1.67. The first-order chi connectivity index (χ1) is 10.8. The van der Waals surface area contributed by atoms with E-state index < -0.39 is 0 Å². The van der Waals surface area contributed by atoms with Crippen molar-refractivity contribution in [3.05, 3.63) is 48.5 Å². The average Bonchev–Trinajstić information content (AvgIpc) is 2.93. The number of fused-ring (bicyclic) bond motifs is 1. The first kappa shape index (κ1) is 14.3. The summed E-state index contributed by atoms with van der Waals surface area (Å²) in [7, 11) is 0. The van der Waals surface area contributed by atoms with Gasteiger partial charge in [-0.05, 0) is 55.5 Å². The summed E-state index contributed by atoms with van der Waals surface area (Å²) in [6.07, 6.45) is 0. The van der Waals surface area contributed by atoms with Gasteiger partial charge in [0.15, 0.2) is 16.5 Å². The number of anilines is 2. The van der Waals surface area contributed by atoms with Gasteiger partial charge in [-0.2, -0.15) is 0 Å². The molecule has 1 heterocycles. The highest BCUT2D eigenvalue weighted by Gasteiger charge is 2.08. The smallest absolute Gasteiger partial charge is 0.183 e. The number of benzene rings is 2. The summed E-state index contributed by atoms with van der Waals surface area (Å²) in [5, 5.41) is 11.5. The van der Waals surface area contributed by atoms with Gasteiger partial charge in [0.1, 0.15) is 5.75 Å². The Morgan fingerprint density at radius 2 is 1.91 bits per heavy atom. The Kier molecular flexibility index (Phi) is 4.20. The van der Waals surface area contributed by atoms with Crippen LogP contribution in [0, 0.1) is 0 Å². The topological polar surface area (TPSA) is 59.3 Å². The second kappa shape index (κ2) is 6.44. The van der Waals surface area contributed by atoms with Crippen molar-refractivity contribution in [3.8, 4) is 5.75 Å². The van der Waals surface area contributed by atoms with E-state index >= 15 is 0 Å². The lowest BCUT2D eigenvalue weighted by Gasteiger charge is -2.09. The van der Waals surface area contributed by atoms with Crippen LogP contribution in [0.1, 0.15) is 6.92 Å². The Morgan fingerprint density at radius 3 is 2.68 bits per heavy atom. The molecule has 2 aromatic carbocycles. The third kappa shape index (κ3) is 3.17. The van der Waals surface area contributed by atoms with Crippen LogP contribution < -0.4 is 15.4 Å². The summed E-state index contributed by atoms with van der Waals surface area (Å²) in [5.74, 6) is 1.42. The highest BCUT2D eigenvalue weighted by molar-refractivity contribution is 7.80. The van der Waals surface area contributed by atoms with Gasteiger partial charge < -0.3 is 19.9 Å². The summed E-state index contributed by atoms with van der Waals surface area (Å²) in [5.41, 5.74) is 1.59. The van der Waals surface area contributed by atoms with Crippen LogP contribution >= 0.6 is 12.2 Å². The van der Waals surface area contributed by atoms with E-state index in [4.69, 9.17) is 21.5 Å². The zero-order chi connectivity index (χ0) is 15.4. The van der Waals surface area contributed by atoms with Crippen LogP contribution in [-0.2, 0) is 0 Å². The SMILES string of the molecule is CCOc1ccc(NC(=S)Nc2noc3ccccc23)cc1. The number of para-hydroxylation sites is 1. The molecule has 0 bridgehead atoms. The second-order valence-electron chi connectivity index (χ2n) is 4.56. The lowest BCUT2D eigenvalue weighted by molar-refractivity contribution is 0.340. The molecule has 3 rings (SSSR count). The fraction of sp³-hybridized carbons (Fsp3) is 0.125. The van der Waals surface area contributed by atoms with E-state index in [1.54, 1.807) is 0 Å². The number of rotatable bonds is 4. The van der Waals surface area contributed by atoms with Crippen LogP contribution in [0.4, 0.5) is 11.5 Å². The summed E-state index contributed by atoms with van der Waals surface area (Å²) in [6, 6.07) is 15.2. The van der Waals surface area contributed by atoms with E-state index in [0.29, 0.717) is 23.1 Å². The molecule has 0 aliphatic heterocycles. The molecule has 0 aliphatic carbocycles. The molecule has 1 aromatic heterocycles. The Morgan fingerprint density at radius 1 is 1.14 bits per heavy atom. The number of aromatic nitrogens is 1. The van der Waals surface area contributed by atoms with Crippen molar-refractivity contribution < 1.29 is 9.26 Å². The molecule has 0 saturated heterocycles. The van der Waals surface area contributed by atoms with Gasteiger partial charge in [-0.15, -0.1) is 0 Å². The number of hydrogen-bond donors (Lipinski definition) is 2. The zero-order valence-electron chi connectivity index (χ0n) is 12.0. The third-order valence-electron chi connectivity index (χ3n) is 3.03. The maximum Gasteiger partial charge on any atom is 0.183 e. The predicted molar refractivity (Wildman–Crippen MR) is 91.5 cm³/mol. The highest BCUT2D eigenvalue weighted by Crippen LogP contribution is 2.22. The lowest BCUT2D eigenvalue weighted by Crippen LogP contribution is -2.19. The monoisotopic (exact) mass is 313 g/mol. The van der Waals surface area contributed by atoms with Crippen molar-refractivity contribution in [2.24, 2.45) is 0 Å². The first-order valence-corrected chi connectivity index (χ1v) is 7.32. The number of hydrogen-bond acceptors (Lipinski definition) is 4. The predicted octanol–water partition coefficient (Wildman–Crippen LogP) is 4.04. The number of ether oxygens (including phenoxy) is 1. The van der Waals surface area contributed by atoms with E-state index in [1.807, 2.05) is 55.5 Å². The Labute approximate surface area is 133 Å². The van der Waals surface area contributed by atoms with Crippen molar-refractivity contribution in [1.29, 1.82) is 0 Å². The van der Waals surface area contributed by atoms with Crippen molar-refractivity contribution in [1.82, 2.24) is 5.16 Å². The fourth-order valence-electron chi connectivity index (χ4n) is 2.05. The van der Waals surface area contributed by atoms with Crippen molar-refractivity contribution in [3.63, 3.8) is 0 Å². The molecule has 22 heavy (non-hydrogen) atoms. The molecule has 5 nitrogen and oxygen atoms in total. The average molecular weight is 313 g/mol. The lowest BCUT2D eigenvalue weighted by atomic mass is 10.2. The van der Waals surface area contributed by atoms with Gasteiger partial charge in [0.25, 0.3) is 0 Å². The minimum atomic E-state index is 0.447. The quantitative estimate of drug-likeness (QED) is 0.709. The molecule has 0 fully saturated rings. The largest absolute Gasteiger partial charge is 0.494 e. The van der Waals surface area contributed by atoms with Gasteiger partial charge in [0.05, 0.1) is 12.0 Å². The molecular formula is C16H15N3O2S. The number of nitrogens with zero attached hydrogens (tertiary/aromatic N) is 1. The second-order valence-corrected chi connectivity index (χ2v) is 4.97. The van der Waals surface area contributed by atoms with Crippen LogP contribution in [0.5, 0.6) is 5.75 Å².